The summed E-state index contributed by atoms with van der Waals surface area (Å²) in [5.74, 6) is -2.83. The Labute approximate surface area is 157 Å². The maximum Gasteiger partial charge on any atom is 0.252 e. The zero-order chi connectivity index (χ0) is 19.4. The van der Waals surface area contributed by atoms with Crippen LogP contribution in [0.4, 0.5) is 8.78 Å². The summed E-state index contributed by atoms with van der Waals surface area (Å²) in [6.45, 7) is 3.12. The largest absolute Gasteiger partial charge is 0.340 e. The molecule has 1 N–H and O–H groups in total. The van der Waals surface area contributed by atoms with Crippen molar-refractivity contribution in [2.24, 2.45) is 0 Å². The number of halogens is 2. The van der Waals surface area contributed by atoms with E-state index in [-0.39, 0.29) is 11.5 Å². The first kappa shape index (κ1) is 19.0. The van der Waals surface area contributed by atoms with Gasteiger partial charge in [-0.3, -0.25) is 9.59 Å². The van der Waals surface area contributed by atoms with Crippen LogP contribution in [0.15, 0.2) is 42.5 Å². The molecule has 2 aromatic carbocycles. The predicted octanol–water partition coefficient (Wildman–Crippen LogP) is 3.58. The van der Waals surface area contributed by atoms with E-state index in [0.29, 0.717) is 19.5 Å². The fourth-order valence-electron chi connectivity index (χ4n) is 3.19. The number of hydrogen-bond acceptors (Lipinski definition) is 2. The first-order valence-corrected chi connectivity index (χ1v) is 9.04. The van der Waals surface area contributed by atoms with Gasteiger partial charge in [-0.2, -0.15) is 0 Å². The van der Waals surface area contributed by atoms with Crippen molar-refractivity contribution in [1.29, 1.82) is 0 Å². The number of nitrogens with one attached hydrogen (secondary N) is 1. The zero-order valence-corrected chi connectivity index (χ0v) is 15.2. The topological polar surface area (TPSA) is 49.4 Å². The molecule has 1 atom stereocenters. The molecule has 1 aliphatic rings. The van der Waals surface area contributed by atoms with Crippen molar-refractivity contribution in [3.8, 4) is 0 Å². The van der Waals surface area contributed by atoms with Crippen LogP contribution in [0.1, 0.15) is 40.7 Å². The van der Waals surface area contributed by atoms with Crippen LogP contribution >= 0.6 is 0 Å². The van der Waals surface area contributed by atoms with E-state index in [4.69, 9.17) is 0 Å². The van der Waals surface area contributed by atoms with Crippen molar-refractivity contribution in [2.75, 3.05) is 6.54 Å². The smallest absolute Gasteiger partial charge is 0.252 e. The third-order valence-corrected chi connectivity index (χ3v) is 4.76. The van der Waals surface area contributed by atoms with Crippen LogP contribution in [0, 0.1) is 18.6 Å². The second kappa shape index (κ2) is 8.29. The number of hydrogen-bond donors (Lipinski definition) is 1. The summed E-state index contributed by atoms with van der Waals surface area (Å²) in [6, 6.07) is 10.3. The van der Waals surface area contributed by atoms with Gasteiger partial charge in [-0.05, 0) is 49.9 Å². The minimum Gasteiger partial charge on any atom is -0.340 e. The molecule has 1 heterocycles. The number of amides is 2. The Hall–Kier alpha value is -2.76. The highest BCUT2D eigenvalue weighted by Gasteiger charge is 2.28. The lowest BCUT2D eigenvalue weighted by molar-refractivity contribution is -0.133. The molecule has 1 fully saturated rings. The lowest BCUT2D eigenvalue weighted by Gasteiger charge is -2.25. The van der Waals surface area contributed by atoms with E-state index in [2.05, 4.69) is 5.32 Å². The van der Waals surface area contributed by atoms with Gasteiger partial charge in [0.1, 0.15) is 6.04 Å². The molecule has 0 saturated carbocycles. The van der Waals surface area contributed by atoms with E-state index in [0.717, 1.165) is 36.1 Å². The van der Waals surface area contributed by atoms with Crippen LogP contribution < -0.4 is 5.32 Å². The van der Waals surface area contributed by atoms with Crippen LogP contribution in [-0.2, 0) is 11.3 Å². The van der Waals surface area contributed by atoms with E-state index < -0.39 is 23.6 Å². The maximum absolute atomic E-state index is 13.4. The Morgan fingerprint density at radius 1 is 1.11 bits per heavy atom. The second-order valence-corrected chi connectivity index (χ2v) is 6.90. The Morgan fingerprint density at radius 3 is 2.56 bits per heavy atom. The quantitative estimate of drug-likeness (QED) is 0.892. The van der Waals surface area contributed by atoms with Crippen molar-refractivity contribution in [3.63, 3.8) is 0 Å². The summed E-state index contributed by atoms with van der Waals surface area (Å²) in [6.07, 6.45) is 2.19. The van der Waals surface area contributed by atoms with Crippen LogP contribution in [-0.4, -0.2) is 29.3 Å². The van der Waals surface area contributed by atoms with Gasteiger partial charge in [-0.1, -0.05) is 29.8 Å². The Morgan fingerprint density at radius 2 is 1.85 bits per heavy atom. The molecule has 0 radical (unpaired) electrons. The minimum absolute atomic E-state index is 0.00367. The van der Waals surface area contributed by atoms with E-state index in [9.17, 15) is 18.4 Å². The fourth-order valence-corrected chi connectivity index (χ4v) is 3.19. The lowest BCUT2D eigenvalue weighted by atomic mass is 10.1. The maximum atomic E-state index is 13.4. The van der Waals surface area contributed by atoms with Gasteiger partial charge in [-0.25, -0.2) is 8.78 Å². The monoisotopic (exact) mass is 372 g/mol. The van der Waals surface area contributed by atoms with Crippen LogP contribution in [0.25, 0.3) is 0 Å². The molecule has 4 nitrogen and oxygen atoms in total. The molecule has 0 aliphatic carbocycles. The molecule has 1 saturated heterocycles. The molecule has 0 bridgehead atoms. The van der Waals surface area contributed by atoms with Crippen LogP contribution in [0.3, 0.4) is 0 Å². The molecule has 6 heteroatoms. The van der Waals surface area contributed by atoms with Crippen LogP contribution in [0.2, 0.25) is 0 Å². The molecule has 0 spiro atoms. The number of nitrogens with zero attached hydrogens (tertiary/aromatic N) is 1. The number of rotatable bonds is 4. The van der Waals surface area contributed by atoms with Crippen molar-refractivity contribution in [1.82, 2.24) is 10.2 Å². The standard InChI is InChI=1S/C21H22F2N2O2/c1-14-5-7-15(8-6-14)13-25-11-3-2-4-19(21(25)27)24-20(26)16-9-10-17(22)18(23)12-16/h5-10,12,19H,2-4,11,13H2,1H3,(H,24,26). The van der Waals surface area contributed by atoms with Crippen molar-refractivity contribution < 1.29 is 18.4 Å². The third-order valence-electron chi connectivity index (χ3n) is 4.76. The average Bonchev–Trinajstić information content (AvgIpc) is 2.82. The van der Waals surface area contributed by atoms with Crippen molar-refractivity contribution in [2.45, 2.75) is 38.8 Å². The van der Waals surface area contributed by atoms with Gasteiger partial charge in [-0.15, -0.1) is 0 Å². The fraction of sp³-hybridized carbons (Fsp3) is 0.333. The van der Waals surface area contributed by atoms with E-state index >= 15 is 0 Å². The normalized spacial score (nSPS) is 17.5. The number of carbonyl (C=O) groups is 2. The number of aryl methyl sites for hydroxylation is 1. The first-order chi connectivity index (χ1) is 12.9. The summed E-state index contributed by atoms with van der Waals surface area (Å²) in [5, 5.41) is 2.68. The molecule has 1 aliphatic heterocycles. The van der Waals surface area contributed by atoms with Gasteiger partial charge < -0.3 is 10.2 Å². The third kappa shape index (κ3) is 4.70. The van der Waals surface area contributed by atoms with Crippen molar-refractivity contribution >= 4 is 11.8 Å². The van der Waals surface area contributed by atoms with Gasteiger partial charge in [0, 0.05) is 18.7 Å². The molecule has 142 valence electrons. The number of carbonyl (C=O) groups excluding carboxylic acids is 2. The average molecular weight is 372 g/mol. The van der Waals surface area contributed by atoms with Crippen LogP contribution in [0.5, 0.6) is 0 Å². The number of likely N-dealkylation sites (tertiary alicyclic amines) is 1. The highest BCUT2D eigenvalue weighted by atomic mass is 19.2. The molecule has 0 aromatic heterocycles. The summed E-state index contributed by atoms with van der Waals surface area (Å²) in [4.78, 5) is 27.0. The van der Waals surface area contributed by atoms with E-state index in [1.807, 2.05) is 31.2 Å². The van der Waals surface area contributed by atoms with Crippen molar-refractivity contribution in [3.05, 3.63) is 70.8 Å². The number of benzene rings is 2. The summed E-state index contributed by atoms with van der Waals surface area (Å²) >= 11 is 0. The molecule has 3 rings (SSSR count). The minimum atomic E-state index is -1.09. The molecule has 27 heavy (non-hydrogen) atoms. The van der Waals surface area contributed by atoms with Gasteiger partial charge in [0.25, 0.3) is 5.91 Å². The molecule has 2 aromatic rings. The molecule has 1 unspecified atom stereocenters. The van der Waals surface area contributed by atoms with Gasteiger partial charge in [0.15, 0.2) is 11.6 Å². The van der Waals surface area contributed by atoms with Gasteiger partial charge in [0.05, 0.1) is 0 Å². The summed E-state index contributed by atoms with van der Waals surface area (Å²) in [5.41, 5.74) is 2.18. The Kier molecular flexibility index (Phi) is 5.84. The van der Waals surface area contributed by atoms with Gasteiger partial charge >= 0.3 is 0 Å². The highest BCUT2D eigenvalue weighted by Crippen LogP contribution is 2.17. The zero-order valence-electron chi connectivity index (χ0n) is 15.2. The summed E-state index contributed by atoms with van der Waals surface area (Å²) < 4.78 is 26.4. The lowest BCUT2D eigenvalue weighted by Crippen LogP contribution is -2.47. The van der Waals surface area contributed by atoms with E-state index in [1.165, 1.54) is 6.07 Å². The highest BCUT2D eigenvalue weighted by molar-refractivity contribution is 5.97. The van der Waals surface area contributed by atoms with Gasteiger partial charge in [0.2, 0.25) is 5.91 Å². The first-order valence-electron chi connectivity index (χ1n) is 9.04. The SMILES string of the molecule is Cc1ccc(CN2CCCCC(NC(=O)c3ccc(F)c(F)c3)C2=O)cc1. The predicted molar refractivity (Wildman–Crippen MR) is 98.1 cm³/mol. The second-order valence-electron chi connectivity index (χ2n) is 6.90. The molecular formula is C21H22F2N2O2. The Balaban J connectivity index is 1.70. The summed E-state index contributed by atoms with van der Waals surface area (Å²) in [7, 11) is 0. The molecule has 2 amide bonds. The molecular weight excluding hydrogens is 350 g/mol. The van der Waals surface area contributed by atoms with E-state index in [1.54, 1.807) is 4.90 Å². The Bertz CT molecular complexity index is 837.